The van der Waals surface area contributed by atoms with Crippen molar-refractivity contribution in [3.63, 3.8) is 0 Å². The van der Waals surface area contributed by atoms with Crippen molar-refractivity contribution in [1.82, 2.24) is 0 Å². The molecule has 0 aliphatic rings. The first-order valence-electron chi connectivity index (χ1n) is 6.90. The van der Waals surface area contributed by atoms with Crippen LogP contribution in [0, 0.1) is 0 Å². The third kappa shape index (κ3) is 7.49. The second-order valence-electron chi connectivity index (χ2n) is 3.85. The van der Waals surface area contributed by atoms with Crippen molar-refractivity contribution >= 4 is 19.5 Å². The zero-order valence-electron chi connectivity index (χ0n) is 12.4. The maximum absolute atomic E-state index is 5.74. The van der Waals surface area contributed by atoms with Crippen LogP contribution >= 0.6 is 0 Å². The van der Waals surface area contributed by atoms with Crippen LogP contribution in [0.5, 0.6) is 0 Å². The van der Waals surface area contributed by atoms with Gasteiger partial charge in [-0.15, -0.1) is 0 Å². The van der Waals surface area contributed by atoms with E-state index in [0.717, 1.165) is 0 Å². The quantitative estimate of drug-likeness (QED) is 0.169. The van der Waals surface area contributed by atoms with Crippen molar-refractivity contribution in [2.24, 2.45) is 28.7 Å². The van der Waals surface area contributed by atoms with Gasteiger partial charge in [0.05, 0.1) is 0 Å². The summed E-state index contributed by atoms with van der Waals surface area (Å²) >= 11 is -5.28. The Kier molecular flexibility index (Phi) is 12.2. The molecule has 0 radical (unpaired) electrons. The second-order valence-corrected chi connectivity index (χ2v) is 11.8. The maximum atomic E-state index is 5.74. The van der Waals surface area contributed by atoms with Gasteiger partial charge in [0.1, 0.15) is 0 Å². The van der Waals surface area contributed by atoms with E-state index in [1.54, 1.807) is 0 Å². The number of nitrogens with two attached hydrogens (primary N) is 5. The van der Waals surface area contributed by atoms with Gasteiger partial charge in [0, 0.05) is 0 Å². The van der Waals surface area contributed by atoms with Crippen LogP contribution in [0.25, 0.3) is 0 Å². The first kappa shape index (κ1) is 21.4. The fraction of sp³-hybridized carbons (Fsp3) is 1.00. The summed E-state index contributed by atoms with van der Waals surface area (Å²) in [5.41, 5.74) is 27.5. The molecule has 0 aromatic carbocycles. The van der Waals surface area contributed by atoms with Gasteiger partial charge in [0.25, 0.3) is 0 Å². The fourth-order valence-corrected chi connectivity index (χ4v) is 9.27. The van der Waals surface area contributed by atoms with E-state index in [1.807, 2.05) is 0 Å². The zero-order valence-corrected chi connectivity index (χ0v) is 15.0. The summed E-state index contributed by atoms with van der Waals surface area (Å²) in [4.78, 5) is 0. The van der Waals surface area contributed by atoms with Crippen LogP contribution in [0.3, 0.4) is 0 Å². The third-order valence-electron chi connectivity index (χ3n) is 2.10. The topological polar surface area (TPSA) is 176 Å². The Bertz CT molecular complexity index is 200. The molecule has 10 N–H and O–H groups in total. The Morgan fingerprint density at radius 1 is 0.429 bits per heavy atom. The van der Waals surface area contributed by atoms with Crippen LogP contribution in [-0.4, -0.2) is 85.3 Å². The van der Waals surface area contributed by atoms with Crippen molar-refractivity contribution in [3.05, 3.63) is 0 Å². The molecule has 0 saturated heterocycles. The van der Waals surface area contributed by atoms with Crippen molar-refractivity contribution in [2.45, 2.75) is 0 Å². The zero-order chi connectivity index (χ0) is 16.1. The molecular weight excluding hydrogens is 392 g/mol. The summed E-state index contributed by atoms with van der Waals surface area (Å²) in [6.07, 6.45) is 0. The molecule has 0 aliphatic heterocycles. The van der Waals surface area contributed by atoms with Gasteiger partial charge in [-0.1, -0.05) is 0 Å². The standard InChI is InChI=1S/5C2H6NO.Sb/c5*3-1-2-4;/h5*1-3H2;/q5*-1;+5. The SMILES string of the molecule is NCC[O][Sb]([O]CCN)([O]CCN)([O]CCN)[O]CCN. The van der Waals surface area contributed by atoms with Gasteiger partial charge in [0.2, 0.25) is 0 Å². The average molecular weight is 422 g/mol. The molecule has 0 saturated carbocycles. The first-order chi connectivity index (χ1) is 10.1. The van der Waals surface area contributed by atoms with Gasteiger partial charge in [-0.2, -0.15) is 0 Å². The van der Waals surface area contributed by atoms with E-state index in [-0.39, 0.29) is 65.8 Å². The van der Waals surface area contributed by atoms with Gasteiger partial charge in [-0.25, -0.2) is 0 Å². The van der Waals surface area contributed by atoms with Crippen LogP contribution < -0.4 is 28.7 Å². The van der Waals surface area contributed by atoms with Crippen LogP contribution in [-0.2, 0) is 15.1 Å². The molecule has 0 fully saturated rings. The van der Waals surface area contributed by atoms with Crippen LogP contribution in [0.4, 0.5) is 0 Å². The molecular formula is C10H30N5O5Sb. The van der Waals surface area contributed by atoms with Crippen molar-refractivity contribution < 1.29 is 15.1 Å². The molecule has 0 aromatic heterocycles. The molecule has 0 atom stereocenters. The van der Waals surface area contributed by atoms with Gasteiger partial charge in [0.15, 0.2) is 0 Å². The van der Waals surface area contributed by atoms with Crippen LogP contribution in [0.2, 0.25) is 0 Å². The van der Waals surface area contributed by atoms with E-state index < -0.39 is 19.5 Å². The van der Waals surface area contributed by atoms with Crippen molar-refractivity contribution in [1.29, 1.82) is 0 Å². The van der Waals surface area contributed by atoms with E-state index in [4.69, 9.17) is 43.7 Å². The molecule has 21 heavy (non-hydrogen) atoms. The predicted octanol–water partition coefficient (Wildman–Crippen LogP) is -3.25. The summed E-state index contributed by atoms with van der Waals surface area (Å²) in [5, 5.41) is 0. The van der Waals surface area contributed by atoms with Gasteiger partial charge in [-0.3, -0.25) is 0 Å². The summed E-state index contributed by atoms with van der Waals surface area (Å²) in [7, 11) is 0. The molecule has 130 valence electrons. The molecule has 0 heterocycles. The summed E-state index contributed by atoms with van der Waals surface area (Å²) in [6, 6.07) is 0. The van der Waals surface area contributed by atoms with Crippen LogP contribution in [0.1, 0.15) is 0 Å². The third-order valence-corrected chi connectivity index (χ3v) is 10.7. The normalized spacial score (nSPS) is 14.0. The Morgan fingerprint density at radius 3 is 0.762 bits per heavy atom. The van der Waals surface area contributed by atoms with E-state index in [2.05, 4.69) is 0 Å². The summed E-state index contributed by atoms with van der Waals surface area (Å²) in [6.45, 7) is 1.96. The number of rotatable bonds is 15. The van der Waals surface area contributed by atoms with Gasteiger partial charge >= 0.3 is 129 Å². The van der Waals surface area contributed by atoms with Gasteiger partial charge in [-0.05, 0) is 0 Å². The van der Waals surface area contributed by atoms with E-state index in [0.29, 0.717) is 0 Å². The average Bonchev–Trinajstić information content (AvgIpc) is 2.53. The Hall–Kier alpha value is 0.418. The molecule has 0 aromatic rings. The molecule has 0 spiro atoms. The summed E-state index contributed by atoms with van der Waals surface area (Å²) in [5.74, 6) is 0. The second kappa shape index (κ2) is 11.9. The molecule has 0 unspecified atom stereocenters. The van der Waals surface area contributed by atoms with Crippen LogP contribution in [0.15, 0.2) is 0 Å². The Labute approximate surface area is 129 Å². The summed E-state index contributed by atoms with van der Waals surface area (Å²) < 4.78 is 28.7. The first-order valence-corrected chi connectivity index (χ1v) is 12.1. The fourth-order valence-electron chi connectivity index (χ4n) is 1.38. The molecule has 0 aliphatic carbocycles. The van der Waals surface area contributed by atoms with Crippen molar-refractivity contribution in [2.75, 3.05) is 65.8 Å². The predicted molar refractivity (Wildman–Crippen MR) is 80.8 cm³/mol. The van der Waals surface area contributed by atoms with E-state index >= 15 is 0 Å². The minimum atomic E-state index is -5.28. The molecule has 0 amide bonds. The monoisotopic (exact) mass is 421 g/mol. The Balaban J connectivity index is 5.33. The molecule has 10 nitrogen and oxygen atoms in total. The van der Waals surface area contributed by atoms with Crippen molar-refractivity contribution in [3.8, 4) is 0 Å². The number of hydrogen-bond acceptors (Lipinski definition) is 10. The number of hydrogen-bond donors (Lipinski definition) is 5. The van der Waals surface area contributed by atoms with E-state index in [1.165, 1.54) is 0 Å². The van der Waals surface area contributed by atoms with Gasteiger partial charge < -0.3 is 0 Å². The molecule has 11 heteroatoms. The molecule has 0 rings (SSSR count). The Morgan fingerprint density at radius 2 is 0.619 bits per heavy atom. The van der Waals surface area contributed by atoms with E-state index in [9.17, 15) is 0 Å². The molecule has 0 bridgehead atoms. The minimum absolute atomic E-state index is 0.145.